The van der Waals surface area contributed by atoms with Crippen LogP contribution in [0.2, 0.25) is 0 Å². The third kappa shape index (κ3) is 3.31. The van der Waals surface area contributed by atoms with Crippen molar-refractivity contribution in [3.8, 4) is 0 Å². The Morgan fingerprint density at radius 2 is 2.12 bits per heavy atom. The number of aromatic amines is 1. The van der Waals surface area contributed by atoms with E-state index in [4.69, 9.17) is 0 Å². The molecule has 1 amide bonds. The van der Waals surface area contributed by atoms with Crippen LogP contribution in [0.4, 0.5) is 0 Å². The van der Waals surface area contributed by atoms with Crippen molar-refractivity contribution < 1.29 is 9.90 Å². The topological polar surface area (TPSA) is 69.2 Å². The molecule has 124 valence electrons. The Morgan fingerprint density at radius 3 is 2.83 bits per heavy atom. The van der Waals surface area contributed by atoms with E-state index in [1.54, 1.807) is 17.3 Å². The van der Waals surface area contributed by atoms with Crippen molar-refractivity contribution >= 4 is 16.8 Å². The fourth-order valence-corrected chi connectivity index (χ4v) is 2.97. The smallest absolute Gasteiger partial charge is 0.270 e. The predicted octanol–water partition coefficient (Wildman–Crippen LogP) is 2.81. The lowest BCUT2D eigenvalue weighted by Crippen LogP contribution is -2.33. The van der Waals surface area contributed by atoms with Crippen LogP contribution in [-0.2, 0) is 6.54 Å². The molecule has 2 N–H and O–H groups in total. The lowest BCUT2D eigenvalue weighted by atomic mass is 10.1. The summed E-state index contributed by atoms with van der Waals surface area (Å²) in [7, 11) is 0. The van der Waals surface area contributed by atoms with E-state index in [0.29, 0.717) is 12.2 Å². The average Bonchev–Trinajstić information content (AvgIpc) is 2.99. The molecule has 0 aliphatic rings. The molecular formula is C19H21N3O2. The number of nitrogens with zero attached hydrogens (tertiary/aromatic N) is 2. The number of amides is 1. The van der Waals surface area contributed by atoms with Gasteiger partial charge in [0.05, 0.1) is 6.61 Å². The van der Waals surface area contributed by atoms with E-state index >= 15 is 0 Å². The summed E-state index contributed by atoms with van der Waals surface area (Å²) in [5, 5.41) is 10.4. The van der Waals surface area contributed by atoms with Gasteiger partial charge in [-0.1, -0.05) is 12.1 Å². The van der Waals surface area contributed by atoms with Gasteiger partial charge in [-0.3, -0.25) is 9.78 Å². The van der Waals surface area contributed by atoms with Gasteiger partial charge in [0.1, 0.15) is 5.69 Å². The van der Waals surface area contributed by atoms with Gasteiger partial charge in [0.15, 0.2) is 0 Å². The summed E-state index contributed by atoms with van der Waals surface area (Å²) in [6.45, 7) is 4.69. The first-order valence-corrected chi connectivity index (χ1v) is 7.97. The molecule has 2 aromatic heterocycles. The quantitative estimate of drug-likeness (QED) is 0.758. The maximum Gasteiger partial charge on any atom is 0.270 e. The number of pyridine rings is 1. The van der Waals surface area contributed by atoms with Crippen LogP contribution in [0.5, 0.6) is 0 Å². The van der Waals surface area contributed by atoms with Gasteiger partial charge in [-0.2, -0.15) is 0 Å². The highest BCUT2D eigenvalue weighted by molar-refractivity contribution is 5.99. The standard InChI is InChI=1S/C19H21N3O2/c1-13-8-14(2)16-10-18(21-17(16)9-13)19(24)22(6-7-23)12-15-4-3-5-20-11-15/h3-5,8-11,21,23H,6-7,12H2,1-2H3. The fourth-order valence-electron chi connectivity index (χ4n) is 2.97. The Hall–Kier alpha value is -2.66. The minimum Gasteiger partial charge on any atom is -0.395 e. The number of carbonyl (C=O) groups excluding carboxylic acids is 1. The maximum absolute atomic E-state index is 12.9. The van der Waals surface area contributed by atoms with E-state index in [1.807, 2.05) is 38.1 Å². The number of benzene rings is 1. The molecule has 2 heterocycles. The van der Waals surface area contributed by atoms with E-state index in [0.717, 1.165) is 27.6 Å². The minimum absolute atomic E-state index is 0.0790. The lowest BCUT2D eigenvalue weighted by molar-refractivity contribution is 0.0703. The average molecular weight is 323 g/mol. The second-order valence-electron chi connectivity index (χ2n) is 6.04. The highest BCUT2D eigenvalue weighted by Gasteiger charge is 2.18. The lowest BCUT2D eigenvalue weighted by Gasteiger charge is -2.21. The number of hydrogen-bond donors (Lipinski definition) is 2. The first-order valence-electron chi connectivity index (χ1n) is 7.97. The SMILES string of the molecule is Cc1cc(C)c2cc(C(=O)N(CCO)Cc3cccnc3)[nH]c2c1. The van der Waals surface area contributed by atoms with Crippen LogP contribution in [0.1, 0.15) is 27.2 Å². The van der Waals surface area contributed by atoms with Gasteiger partial charge in [-0.25, -0.2) is 0 Å². The molecule has 0 radical (unpaired) electrons. The molecule has 0 fully saturated rings. The summed E-state index contributed by atoms with van der Waals surface area (Å²) in [5.74, 6) is -0.124. The zero-order valence-electron chi connectivity index (χ0n) is 13.9. The number of H-pyrrole nitrogens is 1. The molecule has 0 aliphatic carbocycles. The summed E-state index contributed by atoms with van der Waals surface area (Å²) in [5.41, 5.74) is 4.73. The molecule has 0 bridgehead atoms. The second kappa shape index (κ2) is 6.84. The number of carbonyl (C=O) groups is 1. The normalized spacial score (nSPS) is 11.0. The van der Waals surface area contributed by atoms with Gasteiger partial charge in [0.2, 0.25) is 0 Å². The molecule has 0 spiro atoms. The van der Waals surface area contributed by atoms with Crippen LogP contribution in [0.25, 0.3) is 10.9 Å². The van der Waals surface area contributed by atoms with Crippen molar-refractivity contribution in [3.05, 3.63) is 65.1 Å². The molecule has 3 rings (SSSR count). The van der Waals surface area contributed by atoms with Crippen LogP contribution in [0.3, 0.4) is 0 Å². The summed E-state index contributed by atoms with van der Waals surface area (Å²) >= 11 is 0. The second-order valence-corrected chi connectivity index (χ2v) is 6.04. The van der Waals surface area contributed by atoms with E-state index in [2.05, 4.69) is 16.0 Å². The molecule has 0 saturated heterocycles. The van der Waals surface area contributed by atoms with Crippen LogP contribution < -0.4 is 0 Å². The van der Waals surface area contributed by atoms with Crippen LogP contribution in [0.15, 0.2) is 42.7 Å². The van der Waals surface area contributed by atoms with E-state index < -0.39 is 0 Å². The molecule has 0 atom stereocenters. The zero-order valence-corrected chi connectivity index (χ0v) is 13.9. The Morgan fingerprint density at radius 1 is 1.29 bits per heavy atom. The Labute approximate surface area is 141 Å². The molecule has 1 aromatic carbocycles. The largest absolute Gasteiger partial charge is 0.395 e. The third-order valence-electron chi connectivity index (χ3n) is 4.07. The van der Waals surface area contributed by atoms with Gasteiger partial charge in [-0.15, -0.1) is 0 Å². The summed E-state index contributed by atoms with van der Waals surface area (Å²) < 4.78 is 0. The number of hydrogen-bond acceptors (Lipinski definition) is 3. The molecule has 5 heteroatoms. The third-order valence-corrected chi connectivity index (χ3v) is 4.07. The Bertz CT molecular complexity index is 856. The summed E-state index contributed by atoms with van der Waals surface area (Å²) in [6.07, 6.45) is 3.43. The van der Waals surface area contributed by atoms with Crippen molar-refractivity contribution in [1.82, 2.24) is 14.9 Å². The Kier molecular flexibility index (Phi) is 4.62. The monoisotopic (exact) mass is 323 g/mol. The highest BCUT2D eigenvalue weighted by atomic mass is 16.3. The van der Waals surface area contributed by atoms with Crippen molar-refractivity contribution in [2.45, 2.75) is 20.4 Å². The molecule has 5 nitrogen and oxygen atoms in total. The van der Waals surface area contributed by atoms with Crippen molar-refractivity contribution in [2.24, 2.45) is 0 Å². The number of rotatable bonds is 5. The minimum atomic E-state index is -0.124. The van der Waals surface area contributed by atoms with E-state index in [1.165, 1.54) is 0 Å². The fraction of sp³-hybridized carbons (Fsp3) is 0.263. The molecule has 0 aliphatic heterocycles. The van der Waals surface area contributed by atoms with Crippen molar-refractivity contribution in [1.29, 1.82) is 0 Å². The first kappa shape index (κ1) is 16.2. The molecule has 0 unspecified atom stereocenters. The van der Waals surface area contributed by atoms with Gasteiger partial charge in [-0.05, 0) is 48.7 Å². The maximum atomic E-state index is 12.9. The number of aliphatic hydroxyl groups excluding tert-OH is 1. The Balaban J connectivity index is 1.91. The first-order chi connectivity index (χ1) is 11.6. The van der Waals surface area contributed by atoms with Gasteiger partial charge >= 0.3 is 0 Å². The van der Waals surface area contributed by atoms with E-state index in [-0.39, 0.29) is 19.1 Å². The highest BCUT2D eigenvalue weighted by Crippen LogP contribution is 2.22. The van der Waals surface area contributed by atoms with Crippen LogP contribution in [-0.4, -0.2) is 39.0 Å². The van der Waals surface area contributed by atoms with Crippen molar-refractivity contribution in [3.63, 3.8) is 0 Å². The number of aryl methyl sites for hydroxylation is 2. The molecule has 24 heavy (non-hydrogen) atoms. The number of fused-ring (bicyclic) bond motifs is 1. The van der Waals surface area contributed by atoms with E-state index in [9.17, 15) is 9.90 Å². The molecular weight excluding hydrogens is 302 g/mol. The number of aliphatic hydroxyl groups is 1. The van der Waals surface area contributed by atoms with Gasteiger partial charge < -0.3 is 15.0 Å². The predicted molar refractivity (Wildman–Crippen MR) is 93.8 cm³/mol. The van der Waals surface area contributed by atoms with Gasteiger partial charge in [0, 0.05) is 36.4 Å². The van der Waals surface area contributed by atoms with Crippen LogP contribution >= 0.6 is 0 Å². The summed E-state index contributed by atoms with van der Waals surface area (Å²) in [4.78, 5) is 21.8. The van der Waals surface area contributed by atoms with Crippen LogP contribution in [0, 0.1) is 13.8 Å². The zero-order chi connectivity index (χ0) is 17.1. The van der Waals surface area contributed by atoms with Gasteiger partial charge in [0.25, 0.3) is 5.91 Å². The molecule has 3 aromatic rings. The number of aromatic nitrogens is 2. The van der Waals surface area contributed by atoms with Crippen molar-refractivity contribution in [2.75, 3.05) is 13.2 Å². The molecule has 0 saturated carbocycles. The number of nitrogens with one attached hydrogen (secondary N) is 1. The summed E-state index contributed by atoms with van der Waals surface area (Å²) in [6, 6.07) is 9.79.